The highest BCUT2D eigenvalue weighted by molar-refractivity contribution is 5.88. The fourth-order valence-electron chi connectivity index (χ4n) is 14.0. The number of nitrogens with one attached hydrogen (secondary N) is 1. The van der Waals surface area contributed by atoms with Crippen LogP contribution in [0.1, 0.15) is 128 Å². The van der Waals surface area contributed by atoms with E-state index in [9.17, 15) is 19.5 Å². The number of allylic oxidation sites excluding steroid dienone is 3. The summed E-state index contributed by atoms with van der Waals surface area (Å²) in [5.41, 5.74) is 3.65. The van der Waals surface area contributed by atoms with Crippen LogP contribution < -0.4 is 5.32 Å². The van der Waals surface area contributed by atoms with E-state index in [1.165, 1.54) is 37.7 Å². The standard InChI is InChI=1S/C43H60N2O4/c1-8-28-17-22-43(26-44-37(47)33-10-9-25-45(33)27(2)46)24-23-41(6)32(36(28)43)15-16-35-40(5)20-18-31(29-11-13-30(14-12-29)38(48)49)39(3,4)34(40)19-21-42(35,41)7/h8,11-14,18,28,32-36H,1,9-10,15-17,19-26H2,2-7H3,(H,44,47)(H,48,49). The van der Waals surface area contributed by atoms with Crippen LogP contribution in [0.3, 0.4) is 0 Å². The molecule has 49 heavy (non-hydrogen) atoms. The molecule has 4 saturated carbocycles. The lowest BCUT2D eigenvalue weighted by molar-refractivity contribution is -0.224. The minimum Gasteiger partial charge on any atom is -0.478 e. The molecule has 266 valence electrons. The van der Waals surface area contributed by atoms with Gasteiger partial charge in [0.1, 0.15) is 6.04 Å². The lowest BCUT2D eigenvalue weighted by Gasteiger charge is -2.72. The maximum Gasteiger partial charge on any atom is 0.335 e. The molecule has 0 bridgehead atoms. The van der Waals surface area contributed by atoms with Crippen molar-refractivity contribution in [1.82, 2.24) is 10.2 Å². The topological polar surface area (TPSA) is 86.7 Å². The number of fused-ring (bicyclic) bond motifs is 7. The molecule has 5 aliphatic carbocycles. The van der Waals surface area contributed by atoms with Crippen LogP contribution in [0, 0.1) is 56.7 Å². The van der Waals surface area contributed by atoms with Gasteiger partial charge in [-0.3, -0.25) is 9.59 Å². The summed E-state index contributed by atoms with van der Waals surface area (Å²) in [7, 11) is 0. The van der Waals surface area contributed by atoms with Gasteiger partial charge in [-0.05, 0) is 151 Å². The van der Waals surface area contributed by atoms with E-state index in [2.05, 4.69) is 58.7 Å². The van der Waals surface area contributed by atoms with Crippen LogP contribution in [0.4, 0.5) is 0 Å². The first kappa shape index (κ1) is 34.6. The van der Waals surface area contributed by atoms with E-state index < -0.39 is 5.97 Å². The highest BCUT2D eigenvalue weighted by atomic mass is 16.4. The van der Waals surface area contributed by atoms with Crippen LogP contribution in [0.2, 0.25) is 0 Å². The van der Waals surface area contributed by atoms with Crippen molar-refractivity contribution in [3.63, 3.8) is 0 Å². The minimum absolute atomic E-state index is 0.00518. The molecule has 10 atom stereocenters. The Morgan fingerprint density at radius 1 is 0.918 bits per heavy atom. The van der Waals surface area contributed by atoms with Gasteiger partial charge in [0.2, 0.25) is 11.8 Å². The summed E-state index contributed by atoms with van der Waals surface area (Å²) in [6.07, 6.45) is 17.2. The highest BCUT2D eigenvalue weighted by Gasteiger charge is 2.70. The van der Waals surface area contributed by atoms with E-state index in [0.717, 1.165) is 50.6 Å². The third-order valence-corrected chi connectivity index (χ3v) is 16.6. The van der Waals surface area contributed by atoms with Gasteiger partial charge in [-0.25, -0.2) is 4.79 Å². The summed E-state index contributed by atoms with van der Waals surface area (Å²) < 4.78 is 0. The van der Waals surface area contributed by atoms with Gasteiger partial charge in [0.05, 0.1) is 5.56 Å². The molecule has 6 heteroatoms. The molecule has 0 aromatic heterocycles. The Labute approximate surface area is 294 Å². The van der Waals surface area contributed by atoms with E-state index in [1.54, 1.807) is 24.0 Å². The number of likely N-dealkylation sites (tertiary alicyclic amines) is 1. The minimum atomic E-state index is -0.876. The number of hydrogen-bond donors (Lipinski definition) is 2. The fraction of sp³-hybridized carbons (Fsp3) is 0.698. The number of carboxylic acid groups (broad SMARTS) is 1. The Bertz CT molecular complexity index is 1560. The van der Waals surface area contributed by atoms with Crippen LogP contribution in [0.15, 0.2) is 43.0 Å². The number of aromatic carboxylic acids is 1. The Balaban J connectivity index is 1.16. The summed E-state index contributed by atoms with van der Waals surface area (Å²) in [6.45, 7) is 20.2. The van der Waals surface area contributed by atoms with Gasteiger partial charge in [-0.2, -0.15) is 0 Å². The van der Waals surface area contributed by atoms with Crippen molar-refractivity contribution in [2.45, 2.75) is 118 Å². The molecule has 1 heterocycles. The third kappa shape index (κ3) is 4.95. The Morgan fingerprint density at radius 2 is 1.65 bits per heavy atom. The molecule has 0 radical (unpaired) electrons. The van der Waals surface area contributed by atoms with Crippen LogP contribution in [0.5, 0.6) is 0 Å². The van der Waals surface area contributed by atoms with Crippen molar-refractivity contribution in [2.75, 3.05) is 13.1 Å². The number of nitrogens with zero attached hydrogens (tertiary/aromatic N) is 1. The Kier molecular flexibility index (Phi) is 8.35. The van der Waals surface area contributed by atoms with Crippen molar-refractivity contribution in [1.29, 1.82) is 0 Å². The second-order valence-electron chi connectivity index (χ2n) is 18.5. The molecule has 1 aliphatic heterocycles. The van der Waals surface area contributed by atoms with E-state index in [-0.39, 0.29) is 44.9 Å². The first-order valence-electron chi connectivity index (χ1n) is 19.3. The van der Waals surface area contributed by atoms with E-state index in [0.29, 0.717) is 41.7 Å². The molecule has 10 unspecified atom stereocenters. The Morgan fingerprint density at radius 3 is 2.33 bits per heavy atom. The summed E-state index contributed by atoms with van der Waals surface area (Å²) in [5.74, 6) is 2.01. The first-order valence-corrected chi connectivity index (χ1v) is 19.3. The zero-order valence-corrected chi connectivity index (χ0v) is 30.9. The quantitative estimate of drug-likeness (QED) is 0.297. The van der Waals surface area contributed by atoms with Crippen molar-refractivity contribution >= 4 is 23.4 Å². The average molecular weight is 669 g/mol. The van der Waals surface area contributed by atoms with Crippen LogP contribution in [-0.2, 0) is 9.59 Å². The van der Waals surface area contributed by atoms with Gasteiger partial charge in [0.15, 0.2) is 0 Å². The normalized spacial score (nSPS) is 42.2. The largest absolute Gasteiger partial charge is 0.478 e. The molecular weight excluding hydrogens is 608 g/mol. The van der Waals surface area contributed by atoms with Gasteiger partial charge in [-0.15, -0.1) is 6.58 Å². The summed E-state index contributed by atoms with van der Waals surface area (Å²) in [6, 6.07) is 7.22. The van der Waals surface area contributed by atoms with E-state index in [1.807, 2.05) is 12.1 Å². The highest BCUT2D eigenvalue weighted by Crippen LogP contribution is 2.77. The second-order valence-corrected chi connectivity index (χ2v) is 18.5. The smallest absolute Gasteiger partial charge is 0.335 e. The molecule has 5 fully saturated rings. The van der Waals surface area contributed by atoms with Crippen molar-refractivity contribution < 1.29 is 19.5 Å². The molecule has 0 spiro atoms. The summed E-state index contributed by atoms with van der Waals surface area (Å²) >= 11 is 0. The van der Waals surface area contributed by atoms with Gasteiger partial charge in [0, 0.05) is 20.0 Å². The van der Waals surface area contributed by atoms with Crippen molar-refractivity contribution in [2.24, 2.45) is 56.7 Å². The second kappa shape index (κ2) is 11.8. The van der Waals surface area contributed by atoms with Gasteiger partial charge in [-0.1, -0.05) is 58.9 Å². The number of carbonyl (C=O) groups excluding carboxylic acids is 2. The molecular formula is C43H60N2O4. The number of rotatable bonds is 6. The monoisotopic (exact) mass is 668 g/mol. The zero-order valence-electron chi connectivity index (χ0n) is 30.9. The lowest BCUT2D eigenvalue weighted by atomic mass is 9.32. The summed E-state index contributed by atoms with van der Waals surface area (Å²) in [5, 5.41) is 12.9. The predicted octanol–water partition coefficient (Wildman–Crippen LogP) is 8.77. The molecule has 6 nitrogen and oxygen atoms in total. The first-order chi connectivity index (χ1) is 23.1. The predicted molar refractivity (Wildman–Crippen MR) is 195 cm³/mol. The molecule has 6 aliphatic rings. The summed E-state index contributed by atoms with van der Waals surface area (Å²) in [4.78, 5) is 39.1. The van der Waals surface area contributed by atoms with Crippen LogP contribution in [-0.4, -0.2) is 46.9 Å². The van der Waals surface area contributed by atoms with E-state index in [4.69, 9.17) is 0 Å². The van der Waals surface area contributed by atoms with Crippen LogP contribution in [0.25, 0.3) is 5.57 Å². The van der Waals surface area contributed by atoms with Crippen molar-refractivity contribution in [3.8, 4) is 0 Å². The van der Waals surface area contributed by atoms with Gasteiger partial charge >= 0.3 is 5.97 Å². The lowest BCUT2D eigenvalue weighted by Crippen LogP contribution is -2.66. The van der Waals surface area contributed by atoms with Gasteiger partial charge < -0.3 is 15.3 Å². The molecule has 7 rings (SSSR count). The number of amides is 2. The maximum atomic E-state index is 13.5. The Hall–Kier alpha value is -2.89. The molecule has 2 N–H and O–H groups in total. The number of hydrogen-bond acceptors (Lipinski definition) is 3. The maximum absolute atomic E-state index is 13.5. The number of carbonyl (C=O) groups is 3. The SMILES string of the molecule is C=CC1CCC2(CNC(=O)C3CCCN3C(C)=O)CCC3(C)C(CCC4C5(C)CC=C(c6ccc(C(=O)O)cc6)C(C)(C)C5CCC43C)C12. The molecule has 1 aromatic rings. The third-order valence-electron chi connectivity index (χ3n) is 16.6. The van der Waals surface area contributed by atoms with Gasteiger partial charge in [0.25, 0.3) is 0 Å². The van der Waals surface area contributed by atoms with Crippen LogP contribution >= 0.6 is 0 Å². The van der Waals surface area contributed by atoms with Crippen molar-refractivity contribution in [3.05, 3.63) is 54.1 Å². The average Bonchev–Trinajstić information content (AvgIpc) is 3.70. The number of carboxylic acids is 1. The molecule has 1 aromatic carbocycles. The van der Waals surface area contributed by atoms with E-state index >= 15 is 0 Å². The zero-order chi connectivity index (χ0) is 35.1. The fourth-order valence-corrected chi connectivity index (χ4v) is 14.0. The number of benzene rings is 1. The molecule has 1 saturated heterocycles. The molecule has 2 amide bonds.